The van der Waals surface area contributed by atoms with Crippen molar-refractivity contribution >= 4 is 11.6 Å². The first-order valence-electron chi connectivity index (χ1n) is 4.70. The number of anilines is 1. The number of aryl methyl sites for hydroxylation is 1. The largest absolute Gasteiger partial charge is 0.362 e. The molecule has 0 radical (unpaired) electrons. The van der Waals surface area contributed by atoms with Crippen molar-refractivity contribution in [2.75, 3.05) is 5.32 Å². The highest BCUT2D eigenvalue weighted by Crippen LogP contribution is 2.27. The fraction of sp³-hybridized carbons (Fsp3) is 0.364. The van der Waals surface area contributed by atoms with Crippen LogP contribution >= 0.6 is 0 Å². The van der Waals surface area contributed by atoms with Crippen LogP contribution in [0.2, 0.25) is 0 Å². The summed E-state index contributed by atoms with van der Waals surface area (Å²) in [5.41, 5.74) is 2.41. The van der Waals surface area contributed by atoms with Crippen molar-refractivity contribution in [1.29, 1.82) is 0 Å². The number of amides is 1. The van der Waals surface area contributed by atoms with Crippen molar-refractivity contribution in [3.63, 3.8) is 0 Å². The van der Waals surface area contributed by atoms with Crippen molar-refractivity contribution in [2.24, 2.45) is 0 Å². The minimum Gasteiger partial charge on any atom is -0.362 e. The Kier molecular flexibility index (Phi) is 1.77. The molecule has 0 aromatic heterocycles. The topological polar surface area (TPSA) is 41.1 Å². The van der Waals surface area contributed by atoms with Crippen LogP contribution in [-0.4, -0.2) is 11.6 Å². The molecule has 0 bridgehead atoms. The van der Waals surface area contributed by atoms with Gasteiger partial charge in [0.15, 0.2) is 0 Å². The Bertz CT molecular complexity index is 396. The summed E-state index contributed by atoms with van der Waals surface area (Å²) >= 11 is 0. The first-order chi connectivity index (χ1) is 6.49. The molecule has 1 aromatic carbocycles. The molecule has 0 fully saturated rings. The molecule has 74 valence electrons. The SMILES string of the molecule is Cc1cccc2c1NC(C)(C)NC2=O. The third-order valence-corrected chi connectivity index (χ3v) is 2.38. The molecule has 1 aliphatic heterocycles. The van der Waals surface area contributed by atoms with Crippen LogP contribution in [0.15, 0.2) is 18.2 Å². The zero-order valence-corrected chi connectivity index (χ0v) is 8.64. The lowest BCUT2D eigenvalue weighted by atomic mass is 10.0. The maximum absolute atomic E-state index is 11.7. The van der Waals surface area contributed by atoms with Gasteiger partial charge in [0, 0.05) is 0 Å². The van der Waals surface area contributed by atoms with Crippen LogP contribution in [0.5, 0.6) is 0 Å². The van der Waals surface area contributed by atoms with Crippen LogP contribution < -0.4 is 10.6 Å². The van der Waals surface area contributed by atoms with Gasteiger partial charge >= 0.3 is 0 Å². The highest BCUT2D eigenvalue weighted by atomic mass is 16.2. The molecule has 2 rings (SSSR count). The predicted molar refractivity (Wildman–Crippen MR) is 56.3 cm³/mol. The summed E-state index contributed by atoms with van der Waals surface area (Å²) < 4.78 is 0. The number of benzene rings is 1. The Morgan fingerprint density at radius 2 is 1.93 bits per heavy atom. The highest BCUT2D eigenvalue weighted by Gasteiger charge is 2.29. The summed E-state index contributed by atoms with van der Waals surface area (Å²) in [4.78, 5) is 11.7. The van der Waals surface area contributed by atoms with Gasteiger partial charge in [0.05, 0.1) is 11.3 Å². The number of nitrogens with one attached hydrogen (secondary N) is 2. The second-order valence-electron chi connectivity index (χ2n) is 4.20. The van der Waals surface area contributed by atoms with E-state index in [0.717, 1.165) is 16.8 Å². The van der Waals surface area contributed by atoms with Crippen molar-refractivity contribution in [2.45, 2.75) is 26.4 Å². The molecular weight excluding hydrogens is 176 g/mol. The van der Waals surface area contributed by atoms with Crippen LogP contribution in [0, 0.1) is 6.92 Å². The van der Waals surface area contributed by atoms with Gasteiger partial charge in [-0.25, -0.2) is 0 Å². The smallest absolute Gasteiger partial charge is 0.255 e. The zero-order chi connectivity index (χ0) is 10.3. The van der Waals surface area contributed by atoms with E-state index in [2.05, 4.69) is 10.6 Å². The van der Waals surface area contributed by atoms with E-state index in [4.69, 9.17) is 0 Å². The Labute approximate surface area is 83.5 Å². The molecule has 3 heteroatoms. The third kappa shape index (κ3) is 1.35. The number of carbonyl (C=O) groups is 1. The van der Waals surface area contributed by atoms with Crippen molar-refractivity contribution < 1.29 is 4.79 Å². The number of hydrogen-bond acceptors (Lipinski definition) is 2. The molecule has 0 saturated heterocycles. The quantitative estimate of drug-likeness (QED) is 0.656. The molecule has 1 amide bonds. The number of rotatable bonds is 0. The van der Waals surface area contributed by atoms with Crippen molar-refractivity contribution in [3.8, 4) is 0 Å². The van der Waals surface area contributed by atoms with Crippen molar-refractivity contribution in [1.82, 2.24) is 5.32 Å². The number of carbonyl (C=O) groups excluding carboxylic acids is 1. The van der Waals surface area contributed by atoms with E-state index < -0.39 is 0 Å². The monoisotopic (exact) mass is 190 g/mol. The fourth-order valence-corrected chi connectivity index (χ4v) is 1.72. The summed E-state index contributed by atoms with van der Waals surface area (Å²) in [6.45, 7) is 5.89. The van der Waals surface area contributed by atoms with Gasteiger partial charge < -0.3 is 10.6 Å². The van der Waals surface area contributed by atoms with Gasteiger partial charge in [-0.3, -0.25) is 4.79 Å². The van der Waals surface area contributed by atoms with Crippen LogP contribution in [0.25, 0.3) is 0 Å². The van der Waals surface area contributed by atoms with Gasteiger partial charge in [0.2, 0.25) is 0 Å². The van der Waals surface area contributed by atoms with Crippen LogP contribution in [0.3, 0.4) is 0 Å². The standard InChI is InChI=1S/C11H14N2O/c1-7-5-4-6-8-9(7)12-11(2,3)13-10(8)14/h4-6,12H,1-3H3,(H,13,14). The minimum absolute atomic E-state index is 0.00699. The second-order valence-corrected chi connectivity index (χ2v) is 4.20. The molecular formula is C11H14N2O. The summed E-state index contributed by atoms with van der Waals surface area (Å²) in [5, 5.41) is 6.19. The molecule has 2 N–H and O–H groups in total. The van der Waals surface area contributed by atoms with Gasteiger partial charge in [-0.15, -0.1) is 0 Å². The molecule has 0 saturated carbocycles. The van der Waals surface area contributed by atoms with E-state index in [1.165, 1.54) is 0 Å². The van der Waals surface area contributed by atoms with Gasteiger partial charge in [0.1, 0.15) is 5.66 Å². The van der Waals surface area contributed by atoms with Gasteiger partial charge in [-0.1, -0.05) is 12.1 Å². The zero-order valence-electron chi connectivity index (χ0n) is 8.64. The first kappa shape index (κ1) is 9.06. The lowest BCUT2D eigenvalue weighted by Gasteiger charge is -2.35. The highest BCUT2D eigenvalue weighted by molar-refractivity contribution is 6.02. The molecule has 1 aromatic rings. The van der Waals surface area contributed by atoms with E-state index in [1.54, 1.807) is 0 Å². The van der Waals surface area contributed by atoms with E-state index in [0.29, 0.717) is 0 Å². The molecule has 1 aliphatic rings. The lowest BCUT2D eigenvalue weighted by molar-refractivity contribution is 0.0914. The third-order valence-electron chi connectivity index (χ3n) is 2.38. The van der Waals surface area contributed by atoms with Crippen LogP contribution in [-0.2, 0) is 0 Å². The maximum atomic E-state index is 11.7. The van der Waals surface area contributed by atoms with Crippen LogP contribution in [0.1, 0.15) is 29.8 Å². The molecule has 0 aliphatic carbocycles. The Hall–Kier alpha value is -1.51. The summed E-state index contributed by atoms with van der Waals surface area (Å²) in [5.74, 6) is -0.00699. The first-order valence-corrected chi connectivity index (χ1v) is 4.70. The van der Waals surface area contributed by atoms with Gasteiger partial charge in [-0.05, 0) is 32.4 Å². The van der Waals surface area contributed by atoms with Gasteiger partial charge in [-0.2, -0.15) is 0 Å². The maximum Gasteiger partial charge on any atom is 0.255 e. The van der Waals surface area contributed by atoms with E-state index in [9.17, 15) is 4.79 Å². The number of hydrogen-bond donors (Lipinski definition) is 2. The lowest BCUT2D eigenvalue weighted by Crippen LogP contribution is -2.53. The minimum atomic E-state index is -0.365. The van der Waals surface area contributed by atoms with Crippen molar-refractivity contribution in [3.05, 3.63) is 29.3 Å². The van der Waals surface area contributed by atoms with Gasteiger partial charge in [0.25, 0.3) is 5.91 Å². The van der Waals surface area contributed by atoms with E-state index in [-0.39, 0.29) is 11.6 Å². The summed E-state index contributed by atoms with van der Waals surface area (Å²) in [7, 11) is 0. The Morgan fingerprint density at radius 1 is 1.21 bits per heavy atom. The average Bonchev–Trinajstić information content (AvgIpc) is 2.05. The molecule has 1 heterocycles. The van der Waals surface area contributed by atoms with E-state index >= 15 is 0 Å². The fourth-order valence-electron chi connectivity index (χ4n) is 1.72. The second kappa shape index (κ2) is 2.74. The molecule has 0 atom stereocenters. The molecule has 0 spiro atoms. The Morgan fingerprint density at radius 3 is 2.64 bits per heavy atom. The summed E-state index contributed by atoms with van der Waals surface area (Å²) in [6, 6.07) is 5.73. The average molecular weight is 190 g/mol. The Balaban J connectivity index is 2.56. The normalized spacial score (nSPS) is 18.1. The summed E-state index contributed by atoms with van der Waals surface area (Å²) in [6.07, 6.45) is 0. The molecule has 3 nitrogen and oxygen atoms in total. The molecule has 14 heavy (non-hydrogen) atoms. The number of fused-ring (bicyclic) bond motifs is 1. The molecule has 0 unspecified atom stereocenters. The predicted octanol–water partition coefficient (Wildman–Crippen LogP) is 1.89. The van der Waals surface area contributed by atoms with E-state index in [1.807, 2.05) is 39.0 Å². The number of para-hydroxylation sites is 1. The van der Waals surface area contributed by atoms with Crippen LogP contribution in [0.4, 0.5) is 5.69 Å².